The number of fused-ring (bicyclic) bond motifs is 1. The van der Waals surface area contributed by atoms with Gasteiger partial charge in [-0.1, -0.05) is 30.3 Å². The van der Waals surface area contributed by atoms with Gasteiger partial charge in [0.15, 0.2) is 0 Å². The zero-order valence-corrected chi connectivity index (χ0v) is 21.8. The molecule has 3 heterocycles. The summed E-state index contributed by atoms with van der Waals surface area (Å²) in [6.07, 6.45) is 1.08. The first-order valence-corrected chi connectivity index (χ1v) is 12.9. The molecule has 1 unspecified atom stereocenters. The van der Waals surface area contributed by atoms with Crippen molar-refractivity contribution in [3.63, 3.8) is 0 Å². The number of carboxylic acids is 1. The first-order chi connectivity index (χ1) is 16.5. The lowest BCUT2D eigenvalue weighted by molar-refractivity contribution is -0.146. The molecule has 0 aliphatic rings. The second-order valence-corrected chi connectivity index (χ2v) is 10.9. The molecule has 1 N–H and O–H groups in total. The van der Waals surface area contributed by atoms with Gasteiger partial charge in [-0.3, -0.25) is 9.36 Å². The highest BCUT2D eigenvalue weighted by Gasteiger charge is 2.36. The van der Waals surface area contributed by atoms with E-state index < -0.39 is 28.9 Å². The molecule has 0 aliphatic heterocycles. The number of hydrogen-bond acceptors (Lipinski definition) is 7. The number of ether oxygens (including phenoxy) is 1. The van der Waals surface area contributed by atoms with Gasteiger partial charge in [0.1, 0.15) is 21.5 Å². The van der Waals surface area contributed by atoms with Crippen molar-refractivity contribution >= 4 is 38.9 Å². The second-order valence-electron chi connectivity index (χ2n) is 9.06. The Morgan fingerprint density at radius 1 is 1.20 bits per heavy atom. The summed E-state index contributed by atoms with van der Waals surface area (Å²) >= 11 is 2.75. The van der Waals surface area contributed by atoms with Crippen LogP contribution in [-0.2, 0) is 21.6 Å². The fourth-order valence-electron chi connectivity index (χ4n) is 4.02. The number of hydrogen-bond donors (Lipinski definition) is 1. The average Bonchev–Trinajstić information content (AvgIpc) is 3.44. The van der Waals surface area contributed by atoms with E-state index in [-0.39, 0.29) is 12.6 Å². The van der Waals surface area contributed by atoms with Crippen LogP contribution < -0.4 is 11.2 Å². The molecule has 0 fully saturated rings. The summed E-state index contributed by atoms with van der Waals surface area (Å²) < 4.78 is 8.52. The van der Waals surface area contributed by atoms with Crippen LogP contribution in [0.5, 0.6) is 0 Å². The van der Waals surface area contributed by atoms with Crippen molar-refractivity contribution in [2.45, 2.75) is 58.9 Å². The van der Waals surface area contributed by atoms with Crippen molar-refractivity contribution in [3.8, 4) is 9.88 Å². The first kappa shape index (κ1) is 25.0. The van der Waals surface area contributed by atoms with Crippen LogP contribution in [0.4, 0.5) is 0 Å². The SMILES string of the molecule is Cc1c(-c2nccs2)sc2c1c(=O)n(C(C)(C)C(=O)O)c(=O)n2CC(OC(C)C)c1ccccc1. The van der Waals surface area contributed by atoms with Gasteiger partial charge in [0.05, 0.1) is 22.9 Å². The number of carboxylic acid groups (broad SMARTS) is 1. The lowest BCUT2D eigenvalue weighted by Gasteiger charge is -2.26. The number of nitrogens with zero attached hydrogens (tertiary/aromatic N) is 3. The molecular weight excluding hydrogens is 486 g/mol. The van der Waals surface area contributed by atoms with E-state index in [4.69, 9.17) is 4.74 Å². The molecule has 1 aromatic carbocycles. The Bertz CT molecular complexity index is 1480. The molecule has 4 rings (SSSR count). The van der Waals surface area contributed by atoms with Gasteiger partial charge in [0.2, 0.25) is 0 Å². The molecule has 1 atom stereocenters. The lowest BCUT2D eigenvalue weighted by atomic mass is 10.1. The van der Waals surface area contributed by atoms with Gasteiger partial charge in [-0.2, -0.15) is 0 Å². The highest BCUT2D eigenvalue weighted by atomic mass is 32.1. The summed E-state index contributed by atoms with van der Waals surface area (Å²) in [4.78, 5) is 45.2. The van der Waals surface area contributed by atoms with Crippen LogP contribution in [0, 0.1) is 6.92 Å². The van der Waals surface area contributed by atoms with Crippen LogP contribution in [0.3, 0.4) is 0 Å². The van der Waals surface area contributed by atoms with E-state index in [1.165, 1.54) is 41.1 Å². The molecule has 35 heavy (non-hydrogen) atoms. The number of thiazole rings is 1. The molecule has 0 spiro atoms. The summed E-state index contributed by atoms with van der Waals surface area (Å²) in [6.45, 7) is 8.47. The highest BCUT2D eigenvalue weighted by Crippen LogP contribution is 2.38. The third-order valence-corrected chi connectivity index (χ3v) is 8.12. The molecule has 0 aliphatic carbocycles. The van der Waals surface area contributed by atoms with E-state index in [9.17, 15) is 19.5 Å². The molecule has 0 amide bonds. The number of benzene rings is 1. The molecule has 4 aromatic rings. The average molecular weight is 514 g/mol. The third kappa shape index (κ3) is 4.49. The van der Waals surface area contributed by atoms with Gasteiger partial charge in [-0.25, -0.2) is 19.1 Å². The predicted octanol–water partition coefficient (Wildman–Crippen LogP) is 4.64. The highest BCUT2D eigenvalue weighted by molar-refractivity contribution is 7.25. The van der Waals surface area contributed by atoms with E-state index in [0.29, 0.717) is 15.8 Å². The zero-order valence-electron chi connectivity index (χ0n) is 20.1. The maximum absolute atomic E-state index is 13.8. The van der Waals surface area contributed by atoms with E-state index in [1.54, 1.807) is 6.20 Å². The Kier molecular flexibility index (Phi) is 6.81. The van der Waals surface area contributed by atoms with E-state index in [0.717, 1.165) is 20.0 Å². The minimum atomic E-state index is -1.75. The van der Waals surface area contributed by atoms with Gasteiger partial charge in [0.25, 0.3) is 5.56 Å². The summed E-state index contributed by atoms with van der Waals surface area (Å²) in [5.41, 5.74) is -1.50. The molecular formula is C25H27N3O5S2. The minimum absolute atomic E-state index is 0.116. The van der Waals surface area contributed by atoms with Crippen LogP contribution in [0.25, 0.3) is 20.1 Å². The predicted molar refractivity (Wildman–Crippen MR) is 139 cm³/mol. The summed E-state index contributed by atoms with van der Waals surface area (Å²) in [6, 6.07) is 9.54. The normalized spacial score (nSPS) is 13.0. The number of carbonyl (C=O) groups is 1. The fourth-order valence-corrected chi connectivity index (χ4v) is 6.12. The van der Waals surface area contributed by atoms with Crippen molar-refractivity contribution in [2.75, 3.05) is 0 Å². The quantitative estimate of drug-likeness (QED) is 0.368. The number of aromatic nitrogens is 3. The molecule has 0 radical (unpaired) electrons. The standard InChI is InChI=1S/C25H27N3O5S2/c1-14(2)33-17(16-9-7-6-8-10-16)13-27-22-18(15(3)19(35-22)20-26-11-12-34-20)21(29)28(24(27)32)25(4,5)23(30)31/h6-12,14,17H,13H2,1-5H3,(H,30,31). The van der Waals surface area contributed by atoms with Crippen LogP contribution in [-0.4, -0.2) is 31.3 Å². The number of aliphatic carboxylic acids is 1. The van der Waals surface area contributed by atoms with Crippen molar-refractivity contribution in [1.82, 2.24) is 14.1 Å². The van der Waals surface area contributed by atoms with Crippen LogP contribution >= 0.6 is 22.7 Å². The molecule has 0 bridgehead atoms. The Hall–Kier alpha value is -3.08. The molecule has 184 valence electrons. The van der Waals surface area contributed by atoms with Gasteiger partial charge in [-0.15, -0.1) is 22.7 Å². The molecule has 10 heteroatoms. The number of rotatable bonds is 8. The number of thiophene rings is 1. The molecule has 3 aromatic heterocycles. The largest absolute Gasteiger partial charge is 0.480 e. The second kappa shape index (κ2) is 9.52. The van der Waals surface area contributed by atoms with Crippen molar-refractivity contribution in [3.05, 3.63) is 73.9 Å². The van der Waals surface area contributed by atoms with Gasteiger partial charge >= 0.3 is 11.7 Å². The maximum Gasteiger partial charge on any atom is 0.333 e. The lowest BCUT2D eigenvalue weighted by Crippen LogP contribution is -2.52. The number of aryl methyl sites for hydroxylation is 1. The summed E-state index contributed by atoms with van der Waals surface area (Å²) in [7, 11) is 0. The molecule has 8 nitrogen and oxygen atoms in total. The monoisotopic (exact) mass is 513 g/mol. The van der Waals surface area contributed by atoms with Gasteiger partial charge < -0.3 is 9.84 Å². The van der Waals surface area contributed by atoms with Crippen LogP contribution in [0.15, 0.2) is 51.5 Å². The Balaban J connectivity index is 2.05. The first-order valence-electron chi connectivity index (χ1n) is 11.2. The summed E-state index contributed by atoms with van der Waals surface area (Å²) in [5, 5.41) is 12.8. The Morgan fingerprint density at radius 3 is 2.46 bits per heavy atom. The van der Waals surface area contributed by atoms with E-state index in [2.05, 4.69) is 4.98 Å². The van der Waals surface area contributed by atoms with E-state index >= 15 is 0 Å². The van der Waals surface area contributed by atoms with Crippen molar-refractivity contribution in [2.24, 2.45) is 0 Å². The van der Waals surface area contributed by atoms with Crippen molar-refractivity contribution in [1.29, 1.82) is 0 Å². The Labute approximate surface area is 210 Å². The summed E-state index contributed by atoms with van der Waals surface area (Å²) in [5.74, 6) is -1.27. The minimum Gasteiger partial charge on any atom is -0.480 e. The smallest absolute Gasteiger partial charge is 0.333 e. The fraction of sp³-hybridized carbons (Fsp3) is 0.360. The maximum atomic E-state index is 13.8. The van der Waals surface area contributed by atoms with Crippen molar-refractivity contribution < 1.29 is 14.6 Å². The van der Waals surface area contributed by atoms with Gasteiger partial charge in [-0.05, 0) is 45.7 Å². The van der Waals surface area contributed by atoms with Gasteiger partial charge in [0, 0.05) is 11.6 Å². The van der Waals surface area contributed by atoms with Crippen LogP contribution in [0.1, 0.15) is 44.9 Å². The van der Waals surface area contributed by atoms with Crippen LogP contribution in [0.2, 0.25) is 0 Å². The topological polar surface area (TPSA) is 103 Å². The third-order valence-electron chi connectivity index (χ3n) is 5.88. The molecule has 0 saturated heterocycles. The van der Waals surface area contributed by atoms with E-state index in [1.807, 2.05) is 56.5 Å². The molecule has 0 saturated carbocycles. The Morgan fingerprint density at radius 2 is 1.89 bits per heavy atom. The zero-order chi connectivity index (χ0) is 25.5.